The zero-order chi connectivity index (χ0) is 14.1. The second kappa shape index (κ2) is 5.77. The van der Waals surface area contributed by atoms with E-state index in [0.29, 0.717) is 5.75 Å². The Balaban J connectivity index is 1.73. The van der Waals surface area contributed by atoms with Gasteiger partial charge in [0.05, 0.1) is 0 Å². The smallest absolute Gasteiger partial charge is 0.121 e. The first-order valence-corrected chi connectivity index (χ1v) is 8.18. The summed E-state index contributed by atoms with van der Waals surface area (Å²) in [6.45, 7) is 6.32. The molecule has 1 unspecified atom stereocenters. The quantitative estimate of drug-likeness (QED) is 0.893. The van der Waals surface area contributed by atoms with E-state index < -0.39 is 0 Å². The van der Waals surface area contributed by atoms with Crippen molar-refractivity contribution < 1.29 is 5.11 Å². The minimum atomic E-state index is 0.461. The summed E-state index contributed by atoms with van der Waals surface area (Å²) >= 11 is 0. The van der Waals surface area contributed by atoms with Crippen molar-refractivity contribution in [2.45, 2.75) is 65.0 Å². The summed E-state index contributed by atoms with van der Waals surface area (Å²) < 4.78 is 0. The number of rotatable bonds is 3. The maximum Gasteiger partial charge on any atom is 0.121 e. The molecule has 2 heteroatoms. The van der Waals surface area contributed by atoms with Crippen molar-refractivity contribution in [3.8, 4) is 5.75 Å². The molecule has 3 rings (SSSR count). The Hall–Kier alpha value is -1.02. The Morgan fingerprint density at radius 2 is 1.70 bits per heavy atom. The number of hydrogen-bond acceptors (Lipinski definition) is 2. The van der Waals surface area contributed by atoms with E-state index in [0.717, 1.165) is 29.6 Å². The molecule has 1 saturated heterocycles. The van der Waals surface area contributed by atoms with E-state index in [9.17, 15) is 5.11 Å². The fourth-order valence-electron chi connectivity index (χ4n) is 4.30. The molecule has 0 aromatic heterocycles. The third-order valence-electron chi connectivity index (χ3n) is 5.29. The lowest BCUT2D eigenvalue weighted by molar-refractivity contribution is 0.183. The largest absolute Gasteiger partial charge is 0.507 e. The molecule has 1 aliphatic heterocycles. The van der Waals surface area contributed by atoms with Crippen LogP contribution in [0.4, 0.5) is 0 Å². The topological polar surface area (TPSA) is 23.5 Å². The average molecular weight is 273 g/mol. The van der Waals surface area contributed by atoms with E-state index >= 15 is 0 Å². The fourth-order valence-corrected chi connectivity index (χ4v) is 4.30. The first-order chi connectivity index (χ1) is 9.65. The van der Waals surface area contributed by atoms with Gasteiger partial charge in [-0.2, -0.15) is 0 Å². The molecular formula is C18H27NO. The summed E-state index contributed by atoms with van der Waals surface area (Å²) in [5, 5.41) is 9.90. The number of aryl methyl sites for hydroxylation is 2. The lowest BCUT2D eigenvalue weighted by atomic mass is 9.95. The highest BCUT2D eigenvalue weighted by Gasteiger charge is 2.33. The van der Waals surface area contributed by atoms with Crippen LogP contribution in [0.25, 0.3) is 0 Å². The van der Waals surface area contributed by atoms with Crippen LogP contribution in [-0.4, -0.2) is 22.6 Å². The molecule has 1 aromatic carbocycles. The highest BCUT2D eigenvalue weighted by Crippen LogP contribution is 2.36. The molecule has 2 nitrogen and oxygen atoms in total. The molecule has 1 heterocycles. The van der Waals surface area contributed by atoms with Crippen molar-refractivity contribution in [1.29, 1.82) is 0 Å². The van der Waals surface area contributed by atoms with Gasteiger partial charge in [0.2, 0.25) is 0 Å². The number of aromatic hydroxyl groups is 1. The Morgan fingerprint density at radius 3 is 2.35 bits per heavy atom. The maximum absolute atomic E-state index is 9.90. The van der Waals surface area contributed by atoms with Crippen LogP contribution < -0.4 is 0 Å². The highest BCUT2D eigenvalue weighted by molar-refractivity contribution is 5.42. The SMILES string of the molecule is Cc1cc(CN2CCCC2C2CCCC2)cc(C)c1O. The number of phenols is 1. The molecule has 0 spiro atoms. The van der Waals surface area contributed by atoms with Gasteiger partial charge in [0.25, 0.3) is 0 Å². The van der Waals surface area contributed by atoms with E-state index in [2.05, 4.69) is 17.0 Å². The van der Waals surface area contributed by atoms with E-state index in [4.69, 9.17) is 0 Å². The van der Waals surface area contributed by atoms with Crippen molar-refractivity contribution in [2.24, 2.45) is 5.92 Å². The van der Waals surface area contributed by atoms with Crippen molar-refractivity contribution in [3.05, 3.63) is 28.8 Å². The molecule has 2 aliphatic rings. The second-order valence-electron chi connectivity index (χ2n) is 6.80. The minimum absolute atomic E-state index is 0.461. The Bertz CT molecular complexity index is 453. The second-order valence-corrected chi connectivity index (χ2v) is 6.80. The number of nitrogens with zero attached hydrogens (tertiary/aromatic N) is 1. The molecule has 1 aliphatic carbocycles. The lowest BCUT2D eigenvalue weighted by Gasteiger charge is -2.29. The van der Waals surface area contributed by atoms with Crippen LogP contribution in [0.2, 0.25) is 0 Å². The van der Waals surface area contributed by atoms with Crippen molar-refractivity contribution in [3.63, 3.8) is 0 Å². The lowest BCUT2D eigenvalue weighted by Crippen LogP contribution is -2.34. The number of hydrogen-bond donors (Lipinski definition) is 1. The van der Waals surface area contributed by atoms with Gasteiger partial charge in [0, 0.05) is 12.6 Å². The Morgan fingerprint density at radius 1 is 1.05 bits per heavy atom. The van der Waals surface area contributed by atoms with E-state index in [1.807, 2.05) is 13.8 Å². The molecule has 0 amide bonds. The van der Waals surface area contributed by atoms with Gasteiger partial charge in [0.15, 0.2) is 0 Å². The fraction of sp³-hybridized carbons (Fsp3) is 0.667. The maximum atomic E-state index is 9.90. The zero-order valence-corrected chi connectivity index (χ0v) is 12.9. The predicted molar refractivity (Wildman–Crippen MR) is 83.0 cm³/mol. The molecule has 1 saturated carbocycles. The van der Waals surface area contributed by atoms with Crippen LogP contribution in [0, 0.1) is 19.8 Å². The van der Waals surface area contributed by atoms with Gasteiger partial charge in [0.1, 0.15) is 5.75 Å². The minimum Gasteiger partial charge on any atom is -0.507 e. The average Bonchev–Trinajstić information content (AvgIpc) is 3.05. The van der Waals surface area contributed by atoms with Gasteiger partial charge in [-0.05, 0) is 68.7 Å². The van der Waals surface area contributed by atoms with Gasteiger partial charge in [-0.3, -0.25) is 4.90 Å². The molecule has 0 bridgehead atoms. The van der Waals surface area contributed by atoms with Gasteiger partial charge >= 0.3 is 0 Å². The van der Waals surface area contributed by atoms with E-state index in [-0.39, 0.29) is 0 Å². The third-order valence-corrected chi connectivity index (χ3v) is 5.29. The summed E-state index contributed by atoms with van der Waals surface area (Å²) in [5.74, 6) is 1.40. The van der Waals surface area contributed by atoms with Gasteiger partial charge < -0.3 is 5.11 Å². The standard InChI is InChI=1S/C18H27NO/c1-13-10-15(11-14(2)18(13)20)12-19-9-5-8-17(19)16-6-3-4-7-16/h10-11,16-17,20H,3-9,12H2,1-2H3. The van der Waals surface area contributed by atoms with E-state index in [1.54, 1.807) is 0 Å². The number of benzene rings is 1. The molecular weight excluding hydrogens is 246 g/mol. The van der Waals surface area contributed by atoms with Crippen LogP contribution in [0.5, 0.6) is 5.75 Å². The molecule has 20 heavy (non-hydrogen) atoms. The van der Waals surface area contributed by atoms with Crippen molar-refractivity contribution in [1.82, 2.24) is 4.90 Å². The third kappa shape index (κ3) is 2.71. The van der Waals surface area contributed by atoms with Crippen LogP contribution in [0.15, 0.2) is 12.1 Å². The molecule has 0 radical (unpaired) electrons. The molecule has 1 aromatic rings. The summed E-state index contributed by atoms with van der Waals surface area (Å²) in [5.41, 5.74) is 3.39. The predicted octanol–water partition coefficient (Wildman–Crippen LogP) is 4.16. The van der Waals surface area contributed by atoms with Gasteiger partial charge in [-0.15, -0.1) is 0 Å². The van der Waals surface area contributed by atoms with Gasteiger partial charge in [-0.25, -0.2) is 0 Å². The Kier molecular flexibility index (Phi) is 4.02. The number of likely N-dealkylation sites (tertiary alicyclic amines) is 1. The van der Waals surface area contributed by atoms with Gasteiger partial charge in [-0.1, -0.05) is 25.0 Å². The highest BCUT2D eigenvalue weighted by atomic mass is 16.3. The van der Waals surface area contributed by atoms with Crippen molar-refractivity contribution in [2.75, 3.05) is 6.54 Å². The molecule has 110 valence electrons. The van der Waals surface area contributed by atoms with E-state index in [1.165, 1.54) is 50.6 Å². The van der Waals surface area contributed by atoms with Crippen LogP contribution in [-0.2, 0) is 6.54 Å². The molecule has 2 fully saturated rings. The Labute approximate surface area is 122 Å². The monoisotopic (exact) mass is 273 g/mol. The zero-order valence-electron chi connectivity index (χ0n) is 12.9. The molecule has 1 atom stereocenters. The number of phenolic OH excluding ortho intramolecular Hbond substituents is 1. The van der Waals surface area contributed by atoms with Crippen LogP contribution in [0.1, 0.15) is 55.2 Å². The summed E-state index contributed by atoms with van der Waals surface area (Å²) in [6, 6.07) is 5.13. The summed E-state index contributed by atoms with van der Waals surface area (Å²) in [4.78, 5) is 2.70. The summed E-state index contributed by atoms with van der Waals surface area (Å²) in [6.07, 6.45) is 8.50. The normalized spacial score (nSPS) is 24.6. The van der Waals surface area contributed by atoms with Crippen molar-refractivity contribution >= 4 is 0 Å². The van der Waals surface area contributed by atoms with Crippen LogP contribution >= 0.6 is 0 Å². The van der Waals surface area contributed by atoms with Crippen LogP contribution in [0.3, 0.4) is 0 Å². The summed E-state index contributed by atoms with van der Waals surface area (Å²) in [7, 11) is 0. The first kappa shape index (κ1) is 13.9. The first-order valence-electron chi connectivity index (χ1n) is 8.18. The molecule has 1 N–H and O–H groups in total.